The fraction of sp³-hybridized carbons (Fsp3) is 0.250. The summed E-state index contributed by atoms with van der Waals surface area (Å²) in [4.78, 5) is 4.06. The van der Waals surface area contributed by atoms with Gasteiger partial charge in [0.05, 0.1) is 0 Å². The number of hydrogen-bond donors (Lipinski definition) is 2. The summed E-state index contributed by atoms with van der Waals surface area (Å²) in [6.45, 7) is 1.57. The van der Waals surface area contributed by atoms with Gasteiger partial charge in [-0.05, 0) is 18.6 Å². The zero-order valence-electron chi connectivity index (χ0n) is 10.1. The van der Waals surface area contributed by atoms with Gasteiger partial charge in [0.15, 0.2) is 0 Å². The number of benzene rings is 1. The molecule has 0 fully saturated rings. The van der Waals surface area contributed by atoms with E-state index in [1.165, 1.54) is 12.1 Å². The maximum absolute atomic E-state index is 14.1. The zero-order chi connectivity index (χ0) is 13.3. The summed E-state index contributed by atoms with van der Waals surface area (Å²) in [6.07, 6.45) is 3.23. The van der Waals surface area contributed by atoms with Gasteiger partial charge in [0.2, 0.25) is 0 Å². The molecule has 0 saturated heterocycles. The largest absolute Gasteiger partial charge is 0.336 e. The molecule has 2 rings (SSSR count). The van der Waals surface area contributed by atoms with Crippen molar-refractivity contribution in [1.29, 1.82) is 0 Å². The summed E-state index contributed by atoms with van der Waals surface area (Å²) in [5.74, 6) is 4.60. The van der Waals surface area contributed by atoms with Crippen molar-refractivity contribution in [3.63, 3.8) is 0 Å². The molecular formula is C12H14F2N4. The minimum Gasteiger partial charge on any atom is -0.336 e. The Balaban J connectivity index is 2.59. The molecule has 1 atom stereocenters. The zero-order valence-corrected chi connectivity index (χ0v) is 10.1. The molecule has 3 N–H and O–H groups in total. The van der Waals surface area contributed by atoms with Crippen molar-refractivity contribution >= 4 is 0 Å². The molecule has 18 heavy (non-hydrogen) atoms. The van der Waals surface area contributed by atoms with Gasteiger partial charge in [0.1, 0.15) is 23.5 Å². The fourth-order valence-corrected chi connectivity index (χ4v) is 1.89. The highest BCUT2D eigenvalue weighted by molar-refractivity contribution is 5.32. The lowest BCUT2D eigenvalue weighted by atomic mass is 10.0. The lowest BCUT2D eigenvalue weighted by Crippen LogP contribution is -2.32. The third kappa shape index (κ3) is 2.00. The van der Waals surface area contributed by atoms with Crippen molar-refractivity contribution in [2.24, 2.45) is 12.9 Å². The smallest absolute Gasteiger partial charge is 0.134 e. The molecule has 4 nitrogen and oxygen atoms in total. The second-order valence-corrected chi connectivity index (χ2v) is 4.09. The second kappa shape index (κ2) is 4.83. The molecule has 1 aromatic carbocycles. The normalized spacial score (nSPS) is 12.7. The summed E-state index contributed by atoms with van der Waals surface area (Å²) in [6, 6.07) is 1.78. The van der Waals surface area contributed by atoms with Crippen molar-refractivity contribution in [2.75, 3.05) is 0 Å². The van der Waals surface area contributed by atoms with Crippen LogP contribution in [-0.2, 0) is 7.05 Å². The van der Waals surface area contributed by atoms with Crippen molar-refractivity contribution < 1.29 is 8.78 Å². The predicted molar refractivity (Wildman–Crippen MR) is 63.5 cm³/mol. The van der Waals surface area contributed by atoms with Gasteiger partial charge in [-0.25, -0.2) is 19.2 Å². The molecule has 0 aliphatic rings. The van der Waals surface area contributed by atoms with E-state index >= 15 is 0 Å². The molecule has 1 aromatic heterocycles. The van der Waals surface area contributed by atoms with Crippen molar-refractivity contribution in [2.45, 2.75) is 13.0 Å². The van der Waals surface area contributed by atoms with Crippen LogP contribution in [0.1, 0.15) is 23.0 Å². The molecule has 1 unspecified atom stereocenters. The highest BCUT2D eigenvalue weighted by Gasteiger charge is 2.24. The quantitative estimate of drug-likeness (QED) is 0.644. The maximum atomic E-state index is 14.1. The van der Waals surface area contributed by atoms with Crippen molar-refractivity contribution in [3.05, 3.63) is 53.1 Å². The summed E-state index contributed by atoms with van der Waals surface area (Å²) in [7, 11) is 1.73. The van der Waals surface area contributed by atoms with E-state index in [-0.39, 0.29) is 5.56 Å². The number of rotatable bonds is 3. The molecule has 0 saturated carbocycles. The van der Waals surface area contributed by atoms with Crippen LogP contribution in [0.5, 0.6) is 0 Å². The van der Waals surface area contributed by atoms with Crippen LogP contribution < -0.4 is 11.3 Å². The first-order valence-corrected chi connectivity index (χ1v) is 5.44. The van der Waals surface area contributed by atoms with E-state index in [0.29, 0.717) is 11.4 Å². The number of aromatic nitrogens is 2. The van der Waals surface area contributed by atoms with E-state index in [1.54, 1.807) is 30.9 Å². The topological polar surface area (TPSA) is 55.9 Å². The van der Waals surface area contributed by atoms with Gasteiger partial charge in [0, 0.05) is 25.0 Å². The minimum atomic E-state index is -0.829. The molecule has 2 aromatic rings. The van der Waals surface area contributed by atoms with E-state index in [9.17, 15) is 8.78 Å². The highest BCUT2D eigenvalue weighted by atomic mass is 19.1. The number of nitrogens with one attached hydrogen (secondary N) is 1. The van der Waals surface area contributed by atoms with Gasteiger partial charge in [-0.15, -0.1) is 0 Å². The number of aryl methyl sites for hydroxylation is 2. The first-order chi connectivity index (χ1) is 8.56. The third-order valence-corrected chi connectivity index (χ3v) is 2.89. The summed E-state index contributed by atoms with van der Waals surface area (Å²) in [5.41, 5.74) is 2.65. The average molecular weight is 252 g/mol. The first-order valence-electron chi connectivity index (χ1n) is 5.44. The van der Waals surface area contributed by atoms with Gasteiger partial charge >= 0.3 is 0 Å². The average Bonchev–Trinajstić information content (AvgIpc) is 2.76. The predicted octanol–water partition coefficient (Wildman–Crippen LogP) is 1.56. The van der Waals surface area contributed by atoms with Crippen LogP contribution in [0.15, 0.2) is 24.5 Å². The fourth-order valence-electron chi connectivity index (χ4n) is 1.89. The standard InChI is InChI=1S/C12H14F2N4/c1-7-3-4-8(13)9(10(7)14)11(17-15)12-16-5-6-18(12)2/h3-6,11,17H,15H2,1-2H3. The van der Waals surface area contributed by atoms with E-state index in [0.717, 1.165) is 0 Å². The first kappa shape index (κ1) is 12.7. The molecule has 1 heterocycles. The number of hydrogen-bond acceptors (Lipinski definition) is 3. The molecule has 0 radical (unpaired) electrons. The van der Waals surface area contributed by atoms with Crippen LogP contribution in [0.3, 0.4) is 0 Å². The van der Waals surface area contributed by atoms with Crippen LogP contribution in [0.4, 0.5) is 8.78 Å². The van der Waals surface area contributed by atoms with E-state index in [2.05, 4.69) is 10.4 Å². The number of nitrogens with two attached hydrogens (primary N) is 1. The van der Waals surface area contributed by atoms with Gasteiger partial charge in [-0.1, -0.05) is 6.07 Å². The molecule has 6 heteroatoms. The summed E-state index contributed by atoms with van der Waals surface area (Å²) in [5, 5.41) is 0. The van der Waals surface area contributed by atoms with Crippen LogP contribution >= 0.6 is 0 Å². The van der Waals surface area contributed by atoms with Crippen molar-refractivity contribution in [1.82, 2.24) is 15.0 Å². The van der Waals surface area contributed by atoms with Gasteiger partial charge in [0.25, 0.3) is 0 Å². The molecule has 0 aliphatic heterocycles. The Bertz CT molecular complexity index is 565. The van der Waals surface area contributed by atoms with Gasteiger partial charge in [-0.2, -0.15) is 0 Å². The Labute approximate surface area is 103 Å². The highest BCUT2D eigenvalue weighted by Crippen LogP contribution is 2.26. The molecule has 0 bridgehead atoms. The summed E-state index contributed by atoms with van der Waals surface area (Å²) >= 11 is 0. The number of hydrazine groups is 1. The van der Waals surface area contributed by atoms with E-state index in [4.69, 9.17) is 5.84 Å². The van der Waals surface area contributed by atoms with Gasteiger partial charge < -0.3 is 4.57 Å². The maximum Gasteiger partial charge on any atom is 0.134 e. The Hall–Kier alpha value is -1.79. The minimum absolute atomic E-state index is 0.119. The Morgan fingerprint density at radius 3 is 2.67 bits per heavy atom. The number of halogens is 2. The Morgan fingerprint density at radius 2 is 2.11 bits per heavy atom. The SMILES string of the molecule is Cc1ccc(F)c(C(NN)c2nccn2C)c1F. The summed E-state index contributed by atoms with van der Waals surface area (Å²) < 4.78 is 29.5. The monoisotopic (exact) mass is 252 g/mol. The van der Waals surface area contributed by atoms with Crippen LogP contribution in [-0.4, -0.2) is 9.55 Å². The Kier molecular flexibility index (Phi) is 3.40. The van der Waals surface area contributed by atoms with Crippen molar-refractivity contribution in [3.8, 4) is 0 Å². The molecule has 96 valence electrons. The molecule has 0 amide bonds. The van der Waals surface area contributed by atoms with Gasteiger partial charge in [-0.3, -0.25) is 5.84 Å². The number of imidazole rings is 1. The van der Waals surface area contributed by atoms with E-state index < -0.39 is 17.7 Å². The second-order valence-electron chi connectivity index (χ2n) is 4.09. The molecule has 0 spiro atoms. The lowest BCUT2D eigenvalue weighted by molar-refractivity contribution is 0.489. The molecule has 0 aliphatic carbocycles. The third-order valence-electron chi connectivity index (χ3n) is 2.89. The van der Waals surface area contributed by atoms with Crippen LogP contribution in [0.25, 0.3) is 0 Å². The van der Waals surface area contributed by atoms with E-state index in [1.807, 2.05) is 0 Å². The van der Waals surface area contributed by atoms with Crippen LogP contribution in [0.2, 0.25) is 0 Å². The lowest BCUT2D eigenvalue weighted by Gasteiger charge is -2.18. The number of nitrogens with zero attached hydrogens (tertiary/aromatic N) is 2. The molecular weight excluding hydrogens is 238 g/mol. The Morgan fingerprint density at radius 1 is 1.39 bits per heavy atom. The van der Waals surface area contributed by atoms with Crippen LogP contribution in [0, 0.1) is 18.6 Å².